The molecular weight excluding hydrogens is 322 g/mol. The van der Waals surface area contributed by atoms with Crippen molar-refractivity contribution in [3.8, 4) is 0 Å². The predicted octanol–water partition coefficient (Wildman–Crippen LogP) is 1.86. The molecule has 2 aliphatic carbocycles. The molecule has 0 radical (unpaired) electrons. The van der Waals surface area contributed by atoms with Crippen molar-refractivity contribution >= 4 is 6.01 Å². The topological polar surface area (TPSA) is 95.1 Å². The van der Waals surface area contributed by atoms with Crippen molar-refractivity contribution in [2.24, 2.45) is 0 Å². The Labute approximate surface area is 145 Å². The maximum absolute atomic E-state index is 12.4. The highest BCUT2D eigenvalue weighted by Gasteiger charge is 2.26. The van der Waals surface area contributed by atoms with Gasteiger partial charge in [-0.2, -0.15) is 10.1 Å². The van der Waals surface area contributed by atoms with Crippen molar-refractivity contribution in [3.05, 3.63) is 33.5 Å². The Bertz CT molecular complexity index is 792. The van der Waals surface area contributed by atoms with Crippen LogP contribution < -0.4 is 10.9 Å². The molecule has 0 aliphatic heterocycles. The minimum Gasteiger partial charge on any atom is -0.377 e. The summed E-state index contributed by atoms with van der Waals surface area (Å²) in [6.07, 6.45) is 6.82. The fourth-order valence-electron chi connectivity index (χ4n) is 3.82. The molecule has 0 amide bonds. The summed E-state index contributed by atoms with van der Waals surface area (Å²) >= 11 is 0. The first kappa shape index (κ1) is 16.3. The van der Waals surface area contributed by atoms with Gasteiger partial charge in [0.05, 0.1) is 11.7 Å². The first-order valence-electron chi connectivity index (χ1n) is 8.92. The number of nitrogens with zero attached hydrogens (tertiary/aromatic N) is 4. The molecule has 1 fully saturated rings. The van der Waals surface area contributed by atoms with Crippen LogP contribution in [0.15, 0.2) is 15.4 Å². The van der Waals surface area contributed by atoms with Crippen molar-refractivity contribution in [1.82, 2.24) is 19.9 Å². The average Bonchev–Trinajstić information content (AvgIpc) is 3.24. The van der Waals surface area contributed by atoms with Crippen LogP contribution in [0.2, 0.25) is 0 Å². The largest absolute Gasteiger partial charge is 0.377 e. The van der Waals surface area contributed by atoms with E-state index < -0.39 is 0 Å². The fourth-order valence-corrected chi connectivity index (χ4v) is 3.82. The molecule has 2 aromatic rings. The van der Waals surface area contributed by atoms with Gasteiger partial charge in [0.1, 0.15) is 6.61 Å². The van der Waals surface area contributed by atoms with Gasteiger partial charge >= 0.3 is 6.01 Å². The highest BCUT2D eigenvalue weighted by Crippen LogP contribution is 2.29. The molecule has 8 heteroatoms. The zero-order valence-corrected chi connectivity index (χ0v) is 14.4. The van der Waals surface area contributed by atoms with E-state index in [2.05, 4.69) is 20.6 Å². The van der Waals surface area contributed by atoms with E-state index in [-0.39, 0.29) is 17.6 Å². The number of ether oxygens (including phenoxy) is 1. The molecule has 2 heterocycles. The number of anilines is 1. The van der Waals surface area contributed by atoms with Gasteiger partial charge in [-0.25, -0.2) is 4.68 Å². The molecule has 0 atom stereocenters. The number of fused-ring (bicyclic) bond motifs is 1. The van der Waals surface area contributed by atoms with Crippen LogP contribution in [-0.2, 0) is 24.2 Å². The first-order valence-corrected chi connectivity index (χ1v) is 8.92. The van der Waals surface area contributed by atoms with Gasteiger partial charge in [-0.1, -0.05) is 5.16 Å². The molecule has 4 rings (SSSR count). The minimum atomic E-state index is 0.0400. The Morgan fingerprint density at radius 1 is 1.32 bits per heavy atom. The third kappa shape index (κ3) is 3.44. The van der Waals surface area contributed by atoms with E-state index in [0.717, 1.165) is 56.2 Å². The first-order chi connectivity index (χ1) is 12.2. The maximum atomic E-state index is 12.4. The molecule has 1 saturated carbocycles. The van der Waals surface area contributed by atoms with Gasteiger partial charge in [0.2, 0.25) is 0 Å². The molecule has 0 aromatic carbocycles. The van der Waals surface area contributed by atoms with Crippen molar-refractivity contribution in [2.45, 2.75) is 63.6 Å². The average molecular weight is 345 g/mol. The Kier molecular flexibility index (Phi) is 4.52. The summed E-state index contributed by atoms with van der Waals surface area (Å²) in [5.74, 6) is 0.535. The van der Waals surface area contributed by atoms with Gasteiger partial charge in [0.25, 0.3) is 5.56 Å². The summed E-state index contributed by atoms with van der Waals surface area (Å²) in [4.78, 5) is 16.6. The molecule has 0 unspecified atom stereocenters. The second-order valence-electron chi connectivity index (χ2n) is 6.85. The van der Waals surface area contributed by atoms with Crippen LogP contribution in [0.1, 0.15) is 55.2 Å². The van der Waals surface area contributed by atoms with Crippen LogP contribution in [0.4, 0.5) is 6.01 Å². The molecule has 8 nitrogen and oxygen atoms in total. The standard InChI is InChI=1S/C17H23N5O3/c1-24-10-15-19-17(25-21-15)18-12-5-7-13(8-6-12)22-16(23)9-11-3-2-4-14(11)20-22/h9,12-13H,2-8,10H2,1H3,(H,18,19,21). The lowest BCUT2D eigenvalue weighted by molar-refractivity contribution is 0.174. The number of nitrogens with one attached hydrogen (secondary N) is 1. The van der Waals surface area contributed by atoms with Gasteiger partial charge in [-0.05, 0) is 50.5 Å². The monoisotopic (exact) mass is 345 g/mol. The van der Waals surface area contributed by atoms with E-state index in [4.69, 9.17) is 9.26 Å². The molecule has 134 valence electrons. The third-order valence-electron chi connectivity index (χ3n) is 5.09. The summed E-state index contributed by atoms with van der Waals surface area (Å²) in [5.41, 5.74) is 2.29. The van der Waals surface area contributed by atoms with E-state index in [0.29, 0.717) is 18.4 Å². The van der Waals surface area contributed by atoms with Crippen LogP contribution in [0.5, 0.6) is 0 Å². The van der Waals surface area contributed by atoms with E-state index in [9.17, 15) is 4.79 Å². The summed E-state index contributed by atoms with van der Waals surface area (Å²) in [7, 11) is 1.60. The van der Waals surface area contributed by atoms with E-state index in [1.165, 1.54) is 0 Å². The van der Waals surface area contributed by atoms with Crippen LogP contribution >= 0.6 is 0 Å². The zero-order valence-electron chi connectivity index (χ0n) is 14.4. The van der Waals surface area contributed by atoms with Gasteiger partial charge in [-0.15, -0.1) is 0 Å². The smallest absolute Gasteiger partial charge is 0.321 e. The van der Waals surface area contributed by atoms with Crippen molar-refractivity contribution in [3.63, 3.8) is 0 Å². The summed E-state index contributed by atoms with van der Waals surface area (Å²) in [5, 5.41) is 11.8. The SMILES string of the molecule is COCc1noc(NC2CCC(n3nc4c(cc3=O)CCC4)CC2)n1. The lowest BCUT2D eigenvalue weighted by Gasteiger charge is -2.29. The zero-order chi connectivity index (χ0) is 17.2. The Hall–Kier alpha value is -2.22. The van der Waals surface area contributed by atoms with Gasteiger partial charge < -0.3 is 14.6 Å². The van der Waals surface area contributed by atoms with Gasteiger partial charge in [-0.3, -0.25) is 4.79 Å². The third-order valence-corrected chi connectivity index (χ3v) is 5.09. The molecule has 1 N–H and O–H groups in total. The highest BCUT2D eigenvalue weighted by atomic mass is 16.5. The van der Waals surface area contributed by atoms with Crippen molar-refractivity contribution in [2.75, 3.05) is 12.4 Å². The number of aryl methyl sites for hydroxylation is 2. The van der Waals surface area contributed by atoms with Crippen molar-refractivity contribution < 1.29 is 9.26 Å². The molecule has 0 bridgehead atoms. The van der Waals surface area contributed by atoms with Crippen molar-refractivity contribution in [1.29, 1.82) is 0 Å². The number of aromatic nitrogens is 4. The Morgan fingerprint density at radius 3 is 2.96 bits per heavy atom. The molecule has 25 heavy (non-hydrogen) atoms. The van der Waals surface area contributed by atoms with Gasteiger partial charge in [0, 0.05) is 19.2 Å². The minimum absolute atomic E-state index is 0.0400. The quantitative estimate of drug-likeness (QED) is 0.883. The Morgan fingerprint density at radius 2 is 2.16 bits per heavy atom. The summed E-state index contributed by atoms with van der Waals surface area (Å²) in [6, 6.07) is 2.68. The van der Waals surface area contributed by atoms with Crippen LogP contribution in [-0.4, -0.2) is 33.1 Å². The van der Waals surface area contributed by atoms with E-state index in [1.807, 2.05) is 0 Å². The maximum Gasteiger partial charge on any atom is 0.321 e. The number of hydrogen-bond donors (Lipinski definition) is 1. The number of hydrogen-bond acceptors (Lipinski definition) is 7. The fraction of sp³-hybridized carbons (Fsp3) is 0.647. The van der Waals surface area contributed by atoms with E-state index in [1.54, 1.807) is 17.9 Å². The highest BCUT2D eigenvalue weighted by molar-refractivity contribution is 5.23. The summed E-state index contributed by atoms with van der Waals surface area (Å²) < 4.78 is 11.9. The van der Waals surface area contributed by atoms with Crippen LogP contribution in [0, 0.1) is 0 Å². The van der Waals surface area contributed by atoms with Crippen LogP contribution in [0.25, 0.3) is 0 Å². The summed E-state index contributed by atoms with van der Waals surface area (Å²) in [6.45, 7) is 0.338. The molecule has 0 spiro atoms. The lowest BCUT2D eigenvalue weighted by atomic mass is 9.91. The molecule has 2 aromatic heterocycles. The Balaban J connectivity index is 1.37. The van der Waals surface area contributed by atoms with Gasteiger partial charge in [0.15, 0.2) is 5.82 Å². The van der Waals surface area contributed by atoms with Crippen LogP contribution in [0.3, 0.4) is 0 Å². The number of methoxy groups -OCH3 is 1. The van der Waals surface area contributed by atoms with E-state index >= 15 is 0 Å². The number of rotatable bonds is 5. The normalized spacial score (nSPS) is 22.8. The second-order valence-corrected chi connectivity index (χ2v) is 6.85. The lowest BCUT2D eigenvalue weighted by Crippen LogP contribution is -2.33. The molecule has 0 saturated heterocycles. The second kappa shape index (κ2) is 6.95. The molecule has 2 aliphatic rings. The predicted molar refractivity (Wildman–Crippen MR) is 90.4 cm³/mol. The molecular formula is C17H23N5O3.